The largest absolute Gasteiger partial charge is 0.479 e. The van der Waals surface area contributed by atoms with Gasteiger partial charge in [0.25, 0.3) is 0 Å². The van der Waals surface area contributed by atoms with Crippen LogP contribution in [0, 0.1) is 0 Å². The first-order chi connectivity index (χ1) is 10.2. The number of rotatable bonds is 7. The summed E-state index contributed by atoms with van der Waals surface area (Å²) >= 11 is 0. The molecule has 0 aliphatic heterocycles. The molecule has 1 aromatic carbocycles. The van der Waals surface area contributed by atoms with Crippen LogP contribution in [0.5, 0.6) is 0 Å². The summed E-state index contributed by atoms with van der Waals surface area (Å²) in [6.45, 7) is 3.03. The first-order valence-corrected chi connectivity index (χ1v) is 6.96. The number of benzene rings is 1. The van der Waals surface area contributed by atoms with Gasteiger partial charge in [-0.05, 0) is 25.0 Å². The summed E-state index contributed by atoms with van der Waals surface area (Å²) in [6, 6.07) is 8.17. The summed E-state index contributed by atoms with van der Waals surface area (Å²) in [7, 11) is 1.34. The van der Waals surface area contributed by atoms with Gasteiger partial charge in [0.2, 0.25) is 0 Å². The highest BCUT2D eigenvalue weighted by Crippen LogP contribution is 2.17. The third-order valence-corrected chi connectivity index (χ3v) is 3.12. The molecule has 1 aromatic heterocycles. The quantitative estimate of drug-likeness (QED) is 0.466. The number of hydrogen-bond acceptors (Lipinski definition) is 4. The Morgan fingerprint density at radius 3 is 2.95 bits per heavy atom. The van der Waals surface area contributed by atoms with E-state index in [4.69, 9.17) is 4.74 Å². The highest BCUT2D eigenvalue weighted by Gasteiger charge is 2.05. The number of carbonyl (C=O) groups excluding carboxylic acids is 1. The predicted molar refractivity (Wildman–Crippen MR) is 81.7 cm³/mol. The van der Waals surface area contributed by atoms with E-state index in [0.29, 0.717) is 19.0 Å². The van der Waals surface area contributed by atoms with Crippen LogP contribution in [0.3, 0.4) is 0 Å². The zero-order chi connectivity index (χ0) is 15.1. The van der Waals surface area contributed by atoms with Gasteiger partial charge in [-0.3, -0.25) is 0 Å². The molecule has 0 unspecified atom stereocenters. The molecule has 2 rings (SSSR count). The Morgan fingerprint density at radius 2 is 2.19 bits per heavy atom. The number of nitrogens with one attached hydrogen (secondary N) is 2. The Balaban J connectivity index is 1.96. The molecule has 0 saturated carbocycles. The summed E-state index contributed by atoms with van der Waals surface area (Å²) in [5.41, 5.74) is 2.36. The molecular weight excluding hydrogens is 268 g/mol. The van der Waals surface area contributed by atoms with Gasteiger partial charge >= 0.3 is 5.97 Å². The van der Waals surface area contributed by atoms with Crippen LogP contribution in [0.1, 0.15) is 12.5 Å². The van der Waals surface area contributed by atoms with Crippen LogP contribution in [0.4, 0.5) is 0 Å². The average molecular weight is 288 g/mol. The number of esters is 1. The second-order valence-electron chi connectivity index (χ2n) is 4.50. The molecule has 21 heavy (non-hydrogen) atoms. The number of H-pyrrole nitrogens is 1. The molecule has 112 valence electrons. The second-order valence-corrected chi connectivity index (χ2v) is 4.50. The molecule has 0 spiro atoms. The highest BCUT2D eigenvalue weighted by molar-refractivity contribution is 5.83. The molecule has 5 heteroatoms. The summed E-state index contributed by atoms with van der Waals surface area (Å²) in [4.78, 5) is 14.5. The van der Waals surface area contributed by atoms with Gasteiger partial charge in [0.1, 0.15) is 0 Å². The van der Waals surface area contributed by atoms with Crippen LogP contribution in [0.2, 0.25) is 0 Å². The SMILES string of the molecule is CCOC(=CC(=O)OC)NCCc1c[nH]c2ccccc12. The Bertz CT molecular complexity index is 631. The number of hydrogen-bond donors (Lipinski definition) is 2. The number of fused-ring (bicyclic) bond motifs is 1. The van der Waals surface area contributed by atoms with E-state index in [1.165, 1.54) is 24.1 Å². The molecule has 0 fully saturated rings. The molecule has 0 aliphatic rings. The lowest BCUT2D eigenvalue weighted by Gasteiger charge is -2.10. The van der Waals surface area contributed by atoms with Gasteiger partial charge in [-0.2, -0.15) is 0 Å². The lowest BCUT2D eigenvalue weighted by molar-refractivity contribution is -0.135. The minimum atomic E-state index is -0.432. The van der Waals surface area contributed by atoms with Crippen molar-refractivity contribution in [3.8, 4) is 0 Å². The highest BCUT2D eigenvalue weighted by atomic mass is 16.5. The Morgan fingerprint density at radius 1 is 1.38 bits per heavy atom. The Kier molecular flexibility index (Phi) is 5.26. The third-order valence-electron chi connectivity index (χ3n) is 3.12. The van der Waals surface area contributed by atoms with Crippen LogP contribution in [0.25, 0.3) is 10.9 Å². The van der Waals surface area contributed by atoms with Crippen molar-refractivity contribution < 1.29 is 14.3 Å². The molecule has 0 bridgehead atoms. The molecule has 2 N–H and O–H groups in total. The van der Waals surface area contributed by atoms with Gasteiger partial charge in [-0.1, -0.05) is 18.2 Å². The van der Waals surface area contributed by atoms with Crippen molar-refractivity contribution >= 4 is 16.9 Å². The fraction of sp³-hybridized carbons (Fsp3) is 0.312. The summed E-state index contributed by atoms with van der Waals surface area (Å²) in [5, 5.41) is 4.33. The molecule has 2 aromatic rings. The molecule has 1 heterocycles. The fourth-order valence-corrected chi connectivity index (χ4v) is 2.12. The van der Waals surface area contributed by atoms with Crippen molar-refractivity contribution in [2.24, 2.45) is 0 Å². The third kappa shape index (κ3) is 4.02. The van der Waals surface area contributed by atoms with Crippen molar-refractivity contribution in [3.05, 3.63) is 48.0 Å². The van der Waals surface area contributed by atoms with Crippen molar-refractivity contribution in [2.45, 2.75) is 13.3 Å². The van der Waals surface area contributed by atoms with E-state index in [0.717, 1.165) is 11.9 Å². The van der Waals surface area contributed by atoms with Crippen molar-refractivity contribution in [1.82, 2.24) is 10.3 Å². The number of aromatic nitrogens is 1. The van der Waals surface area contributed by atoms with Gasteiger partial charge < -0.3 is 19.8 Å². The van der Waals surface area contributed by atoms with Gasteiger partial charge in [-0.15, -0.1) is 0 Å². The topological polar surface area (TPSA) is 63.4 Å². The van der Waals surface area contributed by atoms with E-state index in [2.05, 4.69) is 27.2 Å². The minimum absolute atomic E-state index is 0.432. The number of methoxy groups -OCH3 is 1. The molecule has 0 aliphatic carbocycles. The van der Waals surface area contributed by atoms with Gasteiger partial charge in [0, 0.05) is 23.6 Å². The van der Waals surface area contributed by atoms with Crippen LogP contribution >= 0.6 is 0 Å². The van der Waals surface area contributed by atoms with E-state index in [1.54, 1.807) is 0 Å². The molecule has 5 nitrogen and oxygen atoms in total. The van der Waals surface area contributed by atoms with Gasteiger partial charge in [0.05, 0.1) is 19.8 Å². The Labute approximate surface area is 123 Å². The van der Waals surface area contributed by atoms with Crippen LogP contribution in [0.15, 0.2) is 42.4 Å². The van der Waals surface area contributed by atoms with E-state index in [1.807, 2.05) is 25.3 Å². The van der Waals surface area contributed by atoms with E-state index in [-0.39, 0.29) is 0 Å². The maximum Gasteiger partial charge on any atom is 0.335 e. The molecule has 0 atom stereocenters. The van der Waals surface area contributed by atoms with Gasteiger partial charge in [-0.25, -0.2) is 4.79 Å². The first kappa shape index (κ1) is 15.0. The summed E-state index contributed by atoms with van der Waals surface area (Å²) in [5.74, 6) is 0.00207. The normalized spacial score (nSPS) is 11.4. The summed E-state index contributed by atoms with van der Waals surface area (Å²) in [6.07, 6.45) is 4.16. The maximum absolute atomic E-state index is 11.2. The molecular formula is C16H20N2O3. The number of aromatic amines is 1. The first-order valence-electron chi connectivity index (χ1n) is 6.96. The van der Waals surface area contributed by atoms with Gasteiger partial charge in [0.15, 0.2) is 5.88 Å². The van der Waals surface area contributed by atoms with Crippen LogP contribution in [-0.2, 0) is 20.7 Å². The standard InChI is InChI=1S/C16H20N2O3/c1-3-21-15(10-16(19)20-2)17-9-8-12-11-18-14-7-5-4-6-13(12)14/h4-7,10-11,17-18H,3,8-9H2,1-2H3. The monoisotopic (exact) mass is 288 g/mol. The second kappa shape index (κ2) is 7.38. The van der Waals surface area contributed by atoms with Crippen LogP contribution < -0.4 is 5.32 Å². The maximum atomic E-state index is 11.2. The zero-order valence-corrected chi connectivity index (χ0v) is 12.3. The predicted octanol–water partition coefficient (Wildman–Crippen LogP) is 2.35. The molecule has 0 radical (unpaired) electrons. The van der Waals surface area contributed by atoms with E-state index < -0.39 is 5.97 Å². The lowest BCUT2D eigenvalue weighted by atomic mass is 10.1. The number of ether oxygens (including phenoxy) is 2. The summed E-state index contributed by atoms with van der Waals surface area (Å²) < 4.78 is 9.96. The van der Waals surface area contributed by atoms with Crippen LogP contribution in [-0.4, -0.2) is 31.2 Å². The average Bonchev–Trinajstić information content (AvgIpc) is 2.91. The fourth-order valence-electron chi connectivity index (χ4n) is 2.12. The van der Waals surface area contributed by atoms with Crippen molar-refractivity contribution in [1.29, 1.82) is 0 Å². The minimum Gasteiger partial charge on any atom is -0.479 e. The van der Waals surface area contributed by atoms with E-state index in [9.17, 15) is 4.79 Å². The molecule has 0 amide bonds. The van der Waals surface area contributed by atoms with Crippen molar-refractivity contribution in [3.63, 3.8) is 0 Å². The smallest absolute Gasteiger partial charge is 0.335 e. The van der Waals surface area contributed by atoms with E-state index >= 15 is 0 Å². The van der Waals surface area contributed by atoms with Crippen molar-refractivity contribution in [2.75, 3.05) is 20.3 Å². The molecule has 0 saturated heterocycles. The lowest BCUT2D eigenvalue weighted by Crippen LogP contribution is -2.20. The Hall–Kier alpha value is -2.43. The number of carbonyl (C=O) groups is 1. The number of para-hydroxylation sites is 1. The zero-order valence-electron chi connectivity index (χ0n) is 12.3.